The Bertz CT molecular complexity index is 868. The third kappa shape index (κ3) is 3.20. The first-order valence-electron chi connectivity index (χ1n) is 8.59. The van der Waals surface area contributed by atoms with Crippen LogP contribution in [0.1, 0.15) is 36.8 Å². The van der Waals surface area contributed by atoms with Crippen LogP contribution >= 0.6 is 0 Å². The van der Waals surface area contributed by atoms with E-state index in [4.69, 9.17) is 4.74 Å². The van der Waals surface area contributed by atoms with E-state index in [-0.39, 0.29) is 6.10 Å². The van der Waals surface area contributed by atoms with Gasteiger partial charge in [0.15, 0.2) is 0 Å². The summed E-state index contributed by atoms with van der Waals surface area (Å²) in [5.74, 6) is 0.466. The number of hydrogen-bond acceptors (Lipinski definition) is 5. The average Bonchev–Trinajstić information content (AvgIpc) is 2.99. The Labute approximate surface area is 146 Å². The highest BCUT2D eigenvalue weighted by Gasteiger charge is 2.34. The molecule has 5 nitrogen and oxygen atoms in total. The number of pyridine rings is 1. The number of nitrogens with zero attached hydrogens (tertiary/aromatic N) is 3. The van der Waals surface area contributed by atoms with Gasteiger partial charge in [-0.3, -0.25) is 0 Å². The predicted octanol–water partition coefficient (Wildman–Crippen LogP) is 3.15. The topological polar surface area (TPSA) is 81.7 Å². The smallest absolute Gasteiger partial charge is 0.215 e. The molecule has 3 heterocycles. The normalized spacial score (nSPS) is 24.3. The third-order valence-corrected chi connectivity index (χ3v) is 4.97. The van der Waals surface area contributed by atoms with E-state index in [0.29, 0.717) is 34.8 Å². The van der Waals surface area contributed by atoms with E-state index in [9.17, 15) is 10.5 Å². The average molecular weight is 330 g/mol. The van der Waals surface area contributed by atoms with E-state index >= 15 is 0 Å². The van der Waals surface area contributed by atoms with E-state index in [1.54, 1.807) is 18.2 Å². The van der Waals surface area contributed by atoms with Crippen LogP contribution in [0.25, 0.3) is 11.3 Å². The molecule has 1 aromatic heterocycles. The van der Waals surface area contributed by atoms with Crippen molar-refractivity contribution >= 4 is 0 Å². The number of ether oxygens (including phenoxy) is 1. The summed E-state index contributed by atoms with van der Waals surface area (Å²) in [5, 5.41) is 22.3. The number of piperidine rings is 1. The first-order chi connectivity index (χ1) is 12.2. The molecule has 2 bridgehead atoms. The fourth-order valence-electron chi connectivity index (χ4n) is 3.84. The van der Waals surface area contributed by atoms with Crippen molar-refractivity contribution < 1.29 is 4.74 Å². The lowest BCUT2D eigenvalue weighted by Gasteiger charge is -2.29. The molecule has 0 radical (unpaired) electrons. The Morgan fingerprint density at radius 2 is 1.80 bits per heavy atom. The van der Waals surface area contributed by atoms with Gasteiger partial charge in [0, 0.05) is 23.7 Å². The van der Waals surface area contributed by atoms with Gasteiger partial charge in [-0.1, -0.05) is 18.2 Å². The van der Waals surface area contributed by atoms with Crippen LogP contribution in [0.5, 0.6) is 5.88 Å². The van der Waals surface area contributed by atoms with E-state index in [0.717, 1.165) is 18.4 Å². The highest BCUT2D eigenvalue weighted by atomic mass is 16.5. The second-order valence-corrected chi connectivity index (χ2v) is 6.70. The van der Waals surface area contributed by atoms with Gasteiger partial charge in [0.25, 0.3) is 0 Å². The molecule has 2 aliphatic heterocycles. The molecule has 5 heteroatoms. The Morgan fingerprint density at radius 3 is 2.52 bits per heavy atom. The molecule has 25 heavy (non-hydrogen) atoms. The maximum Gasteiger partial charge on any atom is 0.215 e. The minimum atomic E-state index is 0.124. The number of fused-ring (bicyclic) bond motifs is 2. The Kier molecular flexibility index (Phi) is 4.09. The summed E-state index contributed by atoms with van der Waals surface area (Å²) >= 11 is 0. The van der Waals surface area contributed by atoms with E-state index < -0.39 is 0 Å². The van der Waals surface area contributed by atoms with Crippen LogP contribution in [0.2, 0.25) is 0 Å². The maximum atomic E-state index is 9.35. The zero-order chi connectivity index (χ0) is 17.2. The molecule has 2 aromatic rings. The molecular weight excluding hydrogens is 312 g/mol. The minimum Gasteiger partial charge on any atom is -0.474 e. The number of nitrogens with one attached hydrogen (secondary N) is 1. The molecule has 2 saturated heterocycles. The largest absolute Gasteiger partial charge is 0.474 e. The molecule has 0 amide bonds. The van der Waals surface area contributed by atoms with Gasteiger partial charge in [0.2, 0.25) is 5.88 Å². The lowest BCUT2D eigenvalue weighted by molar-refractivity contribution is 0.132. The number of hydrogen-bond donors (Lipinski definition) is 1. The fraction of sp³-hybridized carbons (Fsp3) is 0.350. The second-order valence-electron chi connectivity index (χ2n) is 6.70. The summed E-state index contributed by atoms with van der Waals surface area (Å²) in [6, 6.07) is 16.1. The molecule has 3 atom stereocenters. The SMILES string of the molecule is N#Cc1cc(OC2C[C@H]3CC[C@@H](C2)N3)nc(-c2ccccc2C#N)c1. The first-order valence-corrected chi connectivity index (χ1v) is 8.59. The van der Waals surface area contributed by atoms with Crippen molar-refractivity contribution in [2.75, 3.05) is 0 Å². The van der Waals surface area contributed by atoms with Gasteiger partial charge in [0.1, 0.15) is 6.10 Å². The molecule has 124 valence electrons. The summed E-state index contributed by atoms with van der Waals surface area (Å²) in [6.07, 6.45) is 4.48. The van der Waals surface area contributed by atoms with Crippen molar-refractivity contribution in [1.29, 1.82) is 10.5 Å². The molecule has 1 unspecified atom stereocenters. The fourth-order valence-corrected chi connectivity index (χ4v) is 3.84. The zero-order valence-corrected chi connectivity index (χ0v) is 13.8. The molecule has 1 N–H and O–H groups in total. The zero-order valence-electron chi connectivity index (χ0n) is 13.8. The lowest BCUT2D eigenvalue weighted by atomic mass is 10.0. The van der Waals surface area contributed by atoms with Crippen molar-refractivity contribution in [3.63, 3.8) is 0 Å². The van der Waals surface area contributed by atoms with E-state index in [2.05, 4.69) is 22.4 Å². The quantitative estimate of drug-likeness (QED) is 0.935. The number of benzene rings is 1. The van der Waals surface area contributed by atoms with Crippen molar-refractivity contribution in [3.05, 3.63) is 47.5 Å². The highest BCUT2D eigenvalue weighted by molar-refractivity contribution is 5.68. The standard InChI is InChI=1S/C20H18N4O/c21-11-13-7-19(18-4-2-1-3-14(18)12-22)24-20(8-13)25-17-9-15-5-6-16(10-17)23-15/h1-4,7-8,15-17,23H,5-6,9-10H2/t15-,16+,17?. The third-order valence-electron chi connectivity index (χ3n) is 4.97. The maximum absolute atomic E-state index is 9.35. The van der Waals surface area contributed by atoms with Gasteiger partial charge in [-0.15, -0.1) is 0 Å². The van der Waals surface area contributed by atoms with Crippen LogP contribution in [-0.2, 0) is 0 Å². The molecule has 0 saturated carbocycles. The van der Waals surface area contributed by atoms with E-state index in [1.165, 1.54) is 12.8 Å². The highest BCUT2D eigenvalue weighted by Crippen LogP contribution is 2.31. The van der Waals surface area contributed by atoms with Gasteiger partial charge < -0.3 is 10.1 Å². The minimum absolute atomic E-state index is 0.124. The van der Waals surface area contributed by atoms with Gasteiger partial charge in [-0.2, -0.15) is 10.5 Å². The second kappa shape index (κ2) is 6.55. The molecule has 4 rings (SSSR count). The first kappa shape index (κ1) is 15.6. The summed E-state index contributed by atoms with van der Waals surface area (Å²) < 4.78 is 6.13. The van der Waals surface area contributed by atoms with Gasteiger partial charge in [-0.25, -0.2) is 4.98 Å². The monoisotopic (exact) mass is 330 g/mol. The van der Waals surface area contributed by atoms with Gasteiger partial charge >= 0.3 is 0 Å². The number of aromatic nitrogens is 1. The number of nitriles is 2. The Hall–Kier alpha value is -2.89. The van der Waals surface area contributed by atoms with Gasteiger partial charge in [-0.05, 0) is 37.8 Å². The molecule has 2 aliphatic rings. The van der Waals surface area contributed by atoms with Crippen molar-refractivity contribution in [2.45, 2.75) is 43.9 Å². The van der Waals surface area contributed by atoms with Crippen LogP contribution < -0.4 is 10.1 Å². The summed E-state index contributed by atoms with van der Waals surface area (Å²) in [7, 11) is 0. The van der Waals surface area contributed by atoms with Crippen LogP contribution in [-0.4, -0.2) is 23.2 Å². The summed E-state index contributed by atoms with van der Waals surface area (Å²) in [5.41, 5.74) is 2.35. The van der Waals surface area contributed by atoms with Crippen molar-refractivity contribution in [1.82, 2.24) is 10.3 Å². The van der Waals surface area contributed by atoms with Crippen LogP contribution in [0, 0.1) is 22.7 Å². The van der Waals surface area contributed by atoms with Crippen LogP contribution in [0.15, 0.2) is 36.4 Å². The molecule has 1 aromatic carbocycles. The Balaban J connectivity index is 1.65. The summed E-state index contributed by atoms with van der Waals surface area (Å²) in [4.78, 5) is 4.58. The number of rotatable bonds is 3. The van der Waals surface area contributed by atoms with Gasteiger partial charge in [0.05, 0.1) is 29.0 Å². The van der Waals surface area contributed by atoms with Crippen molar-refractivity contribution in [3.8, 4) is 29.3 Å². The van der Waals surface area contributed by atoms with Crippen LogP contribution in [0.4, 0.5) is 0 Å². The van der Waals surface area contributed by atoms with Crippen LogP contribution in [0.3, 0.4) is 0 Å². The molecule has 0 aliphatic carbocycles. The van der Waals surface area contributed by atoms with E-state index in [1.807, 2.05) is 18.2 Å². The molecule has 2 fully saturated rings. The lowest BCUT2D eigenvalue weighted by Crippen LogP contribution is -2.42. The Morgan fingerprint density at radius 1 is 1.04 bits per heavy atom. The predicted molar refractivity (Wildman–Crippen MR) is 92.7 cm³/mol. The summed E-state index contributed by atoms with van der Waals surface area (Å²) in [6.45, 7) is 0. The molecule has 0 spiro atoms. The van der Waals surface area contributed by atoms with Crippen molar-refractivity contribution in [2.24, 2.45) is 0 Å². The molecular formula is C20H18N4O.